The van der Waals surface area contributed by atoms with Crippen LogP contribution in [0.25, 0.3) is 5.69 Å². The molecule has 0 fully saturated rings. The Balaban J connectivity index is 1.76. The molecule has 10 heteroatoms. The predicted molar refractivity (Wildman–Crippen MR) is 111 cm³/mol. The Morgan fingerprint density at radius 1 is 1.00 bits per heavy atom. The number of nitrogens with zero attached hydrogens (tertiary/aromatic N) is 1. The third-order valence-electron chi connectivity index (χ3n) is 4.58. The summed E-state index contributed by atoms with van der Waals surface area (Å²) in [6, 6.07) is 16.2. The van der Waals surface area contributed by atoms with Crippen LogP contribution < -0.4 is 10.0 Å². The summed E-state index contributed by atoms with van der Waals surface area (Å²) in [5.74, 6) is -0.388. The summed E-state index contributed by atoms with van der Waals surface area (Å²) in [6.07, 6.45) is -4.66. The zero-order valence-corrected chi connectivity index (χ0v) is 17.5. The monoisotopic (exact) mass is 451 g/mol. The van der Waals surface area contributed by atoms with Gasteiger partial charge in [0.15, 0.2) is 0 Å². The lowest BCUT2D eigenvalue weighted by Gasteiger charge is -2.11. The summed E-state index contributed by atoms with van der Waals surface area (Å²) in [7, 11) is -4.32. The molecular formula is C21H20F3N3O3S. The van der Waals surface area contributed by atoms with Crippen LogP contribution in [0.1, 0.15) is 21.7 Å². The minimum atomic E-state index is -4.66. The fraction of sp³-hybridized carbons (Fsp3) is 0.190. The highest BCUT2D eigenvalue weighted by molar-refractivity contribution is 7.89. The minimum Gasteiger partial charge on any atom is -0.322 e. The summed E-state index contributed by atoms with van der Waals surface area (Å²) < 4.78 is 64.1. The van der Waals surface area contributed by atoms with E-state index in [2.05, 4.69) is 5.32 Å². The fourth-order valence-corrected chi connectivity index (χ4v) is 4.16. The Morgan fingerprint density at radius 2 is 1.61 bits per heavy atom. The SMILES string of the molecule is Cc1cc(C(=O)Nc2ccc(S(=O)(=O)NCC(F)(F)F)cc2)c(C)n1-c1ccccc1. The van der Waals surface area contributed by atoms with Gasteiger partial charge in [0.2, 0.25) is 10.0 Å². The number of anilines is 1. The summed E-state index contributed by atoms with van der Waals surface area (Å²) in [5, 5.41) is 2.68. The van der Waals surface area contributed by atoms with Crippen LogP contribution in [-0.4, -0.2) is 31.6 Å². The molecule has 0 aliphatic carbocycles. The number of carbonyl (C=O) groups is 1. The van der Waals surface area contributed by atoms with Gasteiger partial charge in [0.25, 0.3) is 5.91 Å². The fourth-order valence-electron chi connectivity index (χ4n) is 3.14. The van der Waals surface area contributed by atoms with Gasteiger partial charge >= 0.3 is 6.18 Å². The Bertz CT molecular complexity index is 1190. The number of alkyl halides is 3. The van der Waals surface area contributed by atoms with Crippen LogP contribution >= 0.6 is 0 Å². The third kappa shape index (κ3) is 5.33. The quantitative estimate of drug-likeness (QED) is 0.590. The zero-order chi connectivity index (χ0) is 22.8. The van der Waals surface area contributed by atoms with E-state index in [0.717, 1.165) is 29.2 Å². The van der Waals surface area contributed by atoms with Crippen LogP contribution in [0.3, 0.4) is 0 Å². The smallest absolute Gasteiger partial charge is 0.322 e. The van der Waals surface area contributed by atoms with Crippen LogP contribution in [0.15, 0.2) is 65.6 Å². The summed E-state index contributed by atoms with van der Waals surface area (Å²) in [5.41, 5.74) is 3.27. The highest BCUT2D eigenvalue weighted by atomic mass is 32.2. The number of para-hydroxylation sites is 1. The van der Waals surface area contributed by atoms with Gasteiger partial charge in [-0.3, -0.25) is 4.79 Å². The molecule has 0 radical (unpaired) electrons. The van der Waals surface area contributed by atoms with Gasteiger partial charge in [-0.25, -0.2) is 13.1 Å². The Labute approximate surface area is 177 Å². The van der Waals surface area contributed by atoms with Crippen molar-refractivity contribution < 1.29 is 26.4 Å². The largest absolute Gasteiger partial charge is 0.402 e. The molecule has 3 aromatic rings. The number of aryl methyl sites for hydroxylation is 1. The van der Waals surface area contributed by atoms with E-state index in [0.29, 0.717) is 11.3 Å². The number of aromatic nitrogens is 1. The van der Waals surface area contributed by atoms with E-state index in [1.807, 2.05) is 48.7 Å². The normalized spacial score (nSPS) is 12.0. The van der Waals surface area contributed by atoms with Gasteiger partial charge in [-0.15, -0.1) is 0 Å². The lowest BCUT2D eigenvalue weighted by atomic mass is 10.2. The van der Waals surface area contributed by atoms with E-state index in [1.165, 1.54) is 16.9 Å². The first kappa shape index (κ1) is 22.6. The van der Waals surface area contributed by atoms with E-state index in [9.17, 15) is 26.4 Å². The van der Waals surface area contributed by atoms with Crippen LogP contribution in [0, 0.1) is 13.8 Å². The first-order valence-electron chi connectivity index (χ1n) is 9.20. The molecule has 6 nitrogen and oxygen atoms in total. The van der Waals surface area contributed by atoms with Crippen molar-refractivity contribution in [2.24, 2.45) is 0 Å². The number of hydrogen-bond acceptors (Lipinski definition) is 3. The lowest BCUT2D eigenvalue weighted by Crippen LogP contribution is -2.33. The average Bonchev–Trinajstić information content (AvgIpc) is 3.01. The summed E-state index contributed by atoms with van der Waals surface area (Å²) in [6.45, 7) is 2.03. The number of hydrogen-bond donors (Lipinski definition) is 2. The van der Waals surface area contributed by atoms with Gasteiger partial charge in [-0.2, -0.15) is 13.2 Å². The maximum atomic E-state index is 12.7. The second kappa shape index (κ2) is 8.56. The molecule has 1 amide bonds. The molecule has 2 N–H and O–H groups in total. The van der Waals surface area contributed by atoms with Crippen LogP contribution in [0.5, 0.6) is 0 Å². The molecular weight excluding hydrogens is 431 g/mol. The number of benzene rings is 2. The molecule has 0 atom stereocenters. The molecule has 1 aromatic heterocycles. The van der Waals surface area contributed by atoms with Gasteiger partial charge < -0.3 is 9.88 Å². The van der Waals surface area contributed by atoms with Gasteiger partial charge in [0.05, 0.1) is 10.5 Å². The van der Waals surface area contributed by atoms with E-state index in [1.54, 1.807) is 6.07 Å². The van der Waals surface area contributed by atoms with Crippen molar-refractivity contribution in [2.45, 2.75) is 24.9 Å². The molecule has 0 saturated carbocycles. The highest BCUT2D eigenvalue weighted by Gasteiger charge is 2.30. The number of amides is 1. The number of rotatable bonds is 6. The van der Waals surface area contributed by atoms with Crippen molar-refractivity contribution in [1.82, 2.24) is 9.29 Å². The summed E-state index contributed by atoms with van der Waals surface area (Å²) in [4.78, 5) is 12.4. The van der Waals surface area contributed by atoms with Crippen LogP contribution in [0.4, 0.5) is 18.9 Å². The summed E-state index contributed by atoms with van der Waals surface area (Å²) >= 11 is 0. The maximum absolute atomic E-state index is 12.7. The molecule has 2 aromatic carbocycles. The van der Waals surface area contributed by atoms with E-state index in [-0.39, 0.29) is 10.8 Å². The minimum absolute atomic E-state index is 0.310. The molecule has 0 unspecified atom stereocenters. The predicted octanol–water partition coefficient (Wildman–Crippen LogP) is 4.19. The van der Waals surface area contributed by atoms with Crippen molar-refractivity contribution in [3.05, 3.63) is 77.6 Å². The van der Waals surface area contributed by atoms with Crippen LogP contribution in [-0.2, 0) is 10.0 Å². The van der Waals surface area contributed by atoms with E-state index in [4.69, 9.17) is 0 Å². The second-order valence-corrected chi connectivity index (χ2v) is 8.64. The molecule has 0 aliphatic rings. The molecule has 1 heterocycles. The third-order valence-corrected chi connectivity index (χ3v) is 5.99. The Morgan fingerprint density at radius 3 is 2.19 bits per heavy atom. The molecule has 31 heavy (non-hydrogen) atoms. The highest BCUT2D eigenvalue weighted by Crippen LogP contribution is 2.22. The number of halogens is 3. The van der Waals surface area contributed by atoms with Gasteiger partial charge in [0.1, 0.15) is 6.54 Å². The Hall–Kier alpha value is -3.11. The second-order valence-electron chi connectivity index (χ2n) is 6.87. The lowest BCUT2D eigenvalue weighted by molar-refractivity contribution is -0.121. The standard InChI is InChI=1S/C21H20F3N3O3S/c1-14-12-19(15(2)27(14)17-6-4-3-5-7-17)20(28)26-16-8-10-18(11-9-16)31(29,30)25-13-21(22,23)24/h3-12,25H,13H2,1-2H3,(H,26,28). The first-order valence-corrected chi connectivity index (χ1v) is 10.7. The van der Waals surface area contributed by atoms with Crippen molar-refractivity contribution >= 4 is 21.6 Å². The topological polar surface area (TPSA) is 80.2 Å². The van der Waals surface area contributed by atoms with E-state index >= 15 is 0 Å². The molecule has 0 spiro atoms. The van der Waals surface area contributed by atoms with Gasteiger partial charge in [-0.1, -0.05) is 18.2 Å². The zero-order valence-electron chi connectivity index (χ0n) is 16.7. The molecule has 164 valence electrons. The van der Waals surface area contributed by atoms with Crippen molar-refractivity contribution in [3.8, 4) is 5.69 Å². The number of nitrogens with one attached hydrogen (secondary N) is 2. The van der Waals surface area contributed by atoms with Crippen molar-refractivity contribution in [2.75, 3.05) is 11.9 Å². The van der Waals surface area contributed by atoms with Crippen molar-refractivity contribution in [3.63, 3.8) is 0 Å². The van der Waals surface area contributed by atoms with Gasteiger partial charge in [-0.05, 0) is 56.3 Å². The molecule has 0 saturated heterocycles. The Kier molecular flexibility index (Phi) is 6.23. The van der Waals surface area contributed by atoms with Crippen molar-refractivity contribution in [1.29, 1.82) is 0 Å². The number of sulfonamides is 1. The van der Waals surface area contributed by atoms with Crippen LogP contribution in [0.2, 0.25) is 0 Å². The molecule has 0 aliphatic heterocycles. The van der Waals surface area contributed by atoms with E-state index < -0.39 is 22.7 Å². The molecule has 3 rings (SSSR count). The average molecular weight is 451 g/mol. The molecule has 0 bridgehead atoms. The van der Waals surface area contributed by atoms with Gasteiger partial charge in [0, 0.05) is 22.8 Å². The first-order chi connectivity index (χ1) is 14.5. The maximum Gasteiger partial charge on any atom is 0.402 e. The number of carbonyl (C=O) groups excluding carboxylic acids is 1.